The van der Waals surface area contributed by atoms with Crippen molar-refractivity contribution in [1.82, 2.24) is 10.3 Å². The minimum Gasteiger partial charge on any atom is -0.392 e. The molecule has 5 nitrogen and oxygen atoms in total. The van der Waals surface area contributed by atoms with Gasteiger partial charge in [-0.15, -0.1) is 11.3 Å². The van der Waals surface area contributed by atoms with E-state index in [0.717, 1.165) is 63.9 Å². The highest BCUT2D eigenvalue weighted by atomic mass is 32.1. The standard InChI is InChI=1S/C22H21N3O2S/c26-13-15-3-6-18-20(17-7-12-28-21(17)22(27)24-18)19(15)14-1-4-16(5-2-14)25-10-8-23-9-11-25/h1-7,12,23,26H,8-11,13H2,(H,24,27). The second kappa shape index (κ2) is 7.05. The smallest absolute Gasteiger partial charge is 0.266 e. The molecule has 1 aliphatic rings. The van der Waals surface area contributed by atoms with Gasteiger partial charge in [0.15, 0.2) is 0 Å². The molecule has 0 radical (unpaired) electrons. The first-order valence-electron chi connectivity index (χ1n) is 9.48. The zero-order valence-electron chi connectivity index (χ0n) is 15.4. The lowest BCUT2D eigenvalue weighted by atomic mass is 9.93. The van der Waals surface area contributed by atoms with E-state index < -0.39 is 0 Å². The average molecular weight is 391 g/mol. The van der Waals surface area contributed by atoms with Crippen molar-refractivity contribution in [2.45, 2.75) is 6.61 Å². The molecule has 142 valence electrons. The molecule has 3 N–H and O–H groups in total. The normalized spacial score (nSPS) is 14.8. The first-order chi connectivity index (χ1) is 13.8. The van der Waals surface area contributed by atoms with Gasteiger partial charge in [-0.3, -0.25) is 4.79 Å². The van der Waals surface area contributed by atoms with Gasteiger partial charge in [-0.05, 0) is 46.3 Å². The van der Waals surface area contributed by atoms with Gasteiger partial charge < -0.3 is 20.3 Å². The van der Waals surface area contributed by atoms with Crippen molar-refractivity contribution in [1.29, 1.82) is 0 Å². The zero-order valence-corrected chi connectivity index (χ0v) is 16.2. The van der Waals surface area contributed by atoms with E-state index in [1.807, 2.05) is 23.6 Å². The molecular formula is C22H21N3O2S. The summed E-state index contributed by atoms with van der Waals surface area (Å²) in [5.41, 5.74) is 4.86. The van der Waals surface area contributed by atoms with E-state index in [4.69, 9.17) is 0 Å². The third-order valence-electron chi connectivity index (χ3n) is 5.49. The zero-order chi connectivity index (χ0) is 19.1. The minimum atomic E-state index is -0.0609. The average Bonchev–Trinajstić information content (AvgIpc) is 3.25. The number of thiophene rings is 1. The highest BCUT2D eigenvalue weighted by molar-refractivity contribution is 7.17. The van der Waals surface area contributed by atoms with Crippen LogP contribution in [0.25, 0.3) is 32.1 Å². The first-order valence-corrected chi connectivity index (χ1v) is 10.4. The van der Waals surface area contributed by atoms with Gasteiger partial charge in [0.25, 0.3) is 5.56 Å². The van der Waals surface area contributed by atoms with Gasteiger partial charge in [0, 0.05) is 48.2 Å². The van der Waals surface area contributed by atoms with E-state index in [2.05, 4.69) is 39.5 Å². The number of H-pyrrole nitrogens is 1. The second-order valence-corrected chi connectivity index (χ2v) is 8.00. The molecule has 0 amide bonds. The lowest BCUT2D eigenvalue weighted by Crippen LogP contribution is -2.43. The largest absolute Gasteiger partial charge is 0.392 e. The summed E-state index contributed by atoms with van der Waals surface area (Å²) in [5.74, 6) is 0. The molecule has 5 rings (SSSR count). The van der Waals surface area contributed by atoms with E-state index in [0.29, 0.717) is 0 Å². The Kier molecular flexibility index (Phi) is 4.39. The predicted molar refractivity (Wildman–Crippen MR) is 116 cm³/mol. The van der Waals surface area contributed by atoms with Crippen molar-refractivity contribution in [3.63, 3.8) is 0 Å². The van der Waals surface area contributed by atoms with Crippen molar-refractivity contribution in [2.75, 3.05) is 31.1 Å². The van der Waals surface area contributed by atoms with Crippen LogP contribution in [0.15, 0.2) is 52.6 Å². The highest BCUT2D eigenvalue weighted by Gasteiger charge is 2.16. The molecule has 0 saturated carbocycles. The van der Waals surface area contributed by atoms with Gasteiger partial charge in [0.05, 0.1) is 6.61 Å². The van der Waals surface area contributed by atoms with Crippen molar-refractivity contribution >= 4 is 38.0 Å². The summed E-state index contributed by atoms with van der Waals surface area (Å²) in [6.45, 7) is 3.97. The molecule has 6 heteroatoms. The number of hydrogen-bond donors (Lipinski definition) is 3. The van der Waals surface area contributed by atoms with Gasteiger partial charge in [-0.25, -0.2) is 0 Å². The fourth-order valence-electron chi connectivity index (χ4n) is 4.11. The van der Waals surface area contributed by atoms with E-state index in [9.17, 15) is 9.90 Å². The third kappa shape index (κ3) is 2.81. The quantitative estimate of drug-likeness (QED) is 0.501. The third-order valence-corrected chi connectivity index (χ3v) is 6.40. The number of fused-ring (bicyclic) bond motifs is 3. The number of nitrogens with one attached hydrogen (secondary N) is 2. The van der Waals surface area contributed by atoms with Gasteiger partial charge in [0.1, 0.15) is 4.70 Å². The van der Waals surface area contributed by atoms with Crippen LogP contribution in [0.4, 0.5) is 5.69 Å². The summed E-state index contributed by atoms with van der Waals surface area (Å²) in [5, 5.41) is 17.3. The number of rotatable bonds is 3. The summed E-state index contributed by atoms with van der Waals surface area (Å²) in [7, 11) is 0. The Morgan fingerprint density at radius 2 is 1.82 bits per heavy atom. The Balaban J connectivity index is 1.71. The van der Waals surface area contributed by atoms with Gasteiger partial charge in [0.2, 0.25) is 0 Å². The molecule has 0 atom stereocenters. The monoisotopic (exact) mass is 391 g/mol. The molecule has 1 aliphatic heterocycles. The van der Waals surface area contributed by atoms with Crippen LogP contribution in [0, 0.1) is 0 Å². The summed E-state index contributed by atoms with van der Waals surface area (Å²) in [4.78, 5) is 17.8. The highest BCUT2D eigenvalue weighted by Crippen LogP contribution is 2.37. The second-order valence-electron chi connectivity index (χ2n) is 7.08. The van der Waals surface area contributed by atoms with Crippen molar-refractivity contribution in [2.24, 2.45) is 0 Å². The molecule has 1 saturated heterocycles. The Morgan fingerprint density at radius 1 is 1.04 bits per heavy atom. The topological polar surface area (TPSA) is 68.4 Å². The lowest BCUT2D eigenvalue weighted by molar-refractivity contribution is 0.282. The molecule has 4 aromatic rings. The maximum absolute atomic E-state index is 12.4. The lowest BCUT2D eigenvalue weighted by Gasteiger charge is -2.29. The number of aliphatic hydroxyl groups is 1. The van der Waals surface area contributed by atoms with E-state index >= 15 is 0 Å². The molecule has 0 spiro atoms. The van der Waals surface area contributed by atoms with Gasteiger partial charge >= 0.3 is 0 Å². The number of hydrogen-bond acceptors (Lipinski definition) is 5. The number of aromatic nitrogens is 1. The van der Waals surface area contributed by atoms with Crippen LogP contribution in [0.2, 0.25) is 0 Å². The summed E-state index contributed by atoms with van der Waals surface area (Å²) in [6.07, 6.45) is 0. The van der Waals surface area contributed by atoms with Crippen LogP contribution in [0.5, 0.6) is 0 Å². The summed E-state index contributed by atoms with van der Waals surface area (Å²) in [6, 6.07) is 14.3. The minimum absolute atomic E-state index is 0.0461. The van der Waals surface area contributed by atoms with Crippen molar-refractivity contribution in [3.8, 4) is 11.1 Å². The van der Waals surface area contributed by atoms with Crippen LogP contribution >= 0.6 is 11.3 Å². The summed E-state index contributed by atoms with van der Waals surface area (Å²) >= 11 is 1.45. The first kappa shape index (κ1) is 17.4. The van der Waals surface area contributed by atoms with Crippen LogP contribution in [-0.2, 0) is 6.61 Å². The van der Waals surface area contributed by atoms with Crippen LogP contribution in [0.3, 0.4) is 0 Å². The maximum atomic E-state index is 12.4. The van der Waals surface area contributed by atoms with Crippen molar-refractivity contribution < 1.29 is 5.11 Å². The Morgan fingerprint density at radius 3 is 2.57 bits per heavy atom. The number of anilines is 1. The van der Waals surface area contributed by atoms with Crippen LogP contribution in [-0.4, -0.2) is 36.3 Å². The number of aliphatic hydroxyl groups excluding tert-OH is 1. The number of nitrogens with zero attached hydrogens (tertiary/aromatic N) is 1. The molecule has 2 aromatic heterocycles. The molecule has 0 aliphatic carbocycles. The number of aromatic amines is 1. The van der Waals surface area contributed by atoms with E-state index in [1.54, 1.807) is 0 Å². The molecule has 0 unspecified atom stereocenters. The molecular weight excluding hydrogens is 370 g/mol. The molecule has 28 heavy (non-hydrogen) atoms. The molecule has 0 bridgehead atoms. The fourth-order valence-corrected chi connectivity index (χ4v) is 4.91. The molecule has 3 heterocycles. The summed E-state index contributed by atoms with van der Waals surface area (Å²) < 4.78 is 0.723. The van der Waals surface area contributed by atoms with Gasteiger partial charge in [-0.2, -0.15) is 0 Å². The Labute approximate surface area is 166 Å². The van der Waals surface area contributed by atoms with Crippen LogP contribution < -0.4 is 15.8 Å². The predicted octanol–water partition coefficient (Wildman–Crippen LogP) is 3.31. The SMILES string of the molecule is O=c1[nH]c2ccc(CO)c(-c3ccc(N4CCNCC4)cc3)c2c2ccsc12. The van der Waals surface area contributed by atoms with E-state index in [1.165, 1.54) is 17.0 Å². The molecule has 2 aromatic carbocycles. The Bertz CT molecular complexity index is 1200. The fraction of sp³-hybridized carbons (Fsp3) is 0.227. The number of pyridine rings is 1. The number of piperazine rings is 1. The van der Waals surface area contributed by atoms with Gasteiger partial charge in [-0.1, -0.05) is 18.2 Å². The van der Waals surface area contributed by atoms with Crippen LogP contribution in [0.1, 0.15) is 5.56 Å². The molecule has 1 fully saturated rings. The van der Waals surface area contributed by atoms with Crippen molar-refractivity contribution in [3.05, 3.63) is 63.8 Å². The maximum Gasteiger partial charge on any atom is 0.266 e. The van der Waals surface area contributed by atoms with E-state index in [-0.39, 0.29) is 12.2 Å². The Hall–Kier alpha value is -2.67. The number of benzene rings is 2.